The molecule has 0 spiro atoms. The number of halogens is 1. The van der Waals surface area contributed by atoms with Crippen LogP contribution in [0.4, 0.5) is 0 Å². The van der Waals surface area contributed by atoms with E-state index in [9.17, 15) is 14.7 Å². The first-order valence-corrected chi connectivity index (χ1v) is 7.53. The molecule has 0 amide bonds. The van der Waals surface area contributed by atoms with Crippen LogP contribution in [-0.4, -0.2) is 43.9 Å². The molecule has 22 heavy (non-hydrogen) atoms. The van der Waals surface area contributed by atoms with Crippen LogP contribution in [0.5, 0.6) is 0 Å². The molecule has 4 atom stereocenters. The molecular weight excluding hydrogens is 362 g/mol. The van der Waals surface area contributed by atoms with E-state index in [1.165, 1.54) is 6.20 Å². The molecule has 1 aromatic heterocycles. The Morgan fingerprint density at radius 3 is 2.91 bits per heavy atom. The second-order valence-electron chi connectivity index (χ2n) is 4.74. The summed E-state index contributed by atoms with van der Waals surface area (Å²) in [7, 11) is 0. The Bertz CT molecular complexity index is 697. The summed E-state index contributed by atoms with van der Waals surface area (Å²) >= 11 is 3.14. The van der Waals surface area contributed by atoms with Crippen molar-refractivity contribution in [3.63, 3.8) is 0 Å². The summed E-state index contributed by atoms with van der Waals surface area (Å²) < 4.78 is 6.49. The minimum atomic E-state index is -0.915. The Balaban J connectivity index is 2.43. The van der Waals surface area contributed by atoms with E-state index in [-0.39, 0.29) is 23.9 Å². The first-order valence-electron chi connectivity index (χ1n) is 6.41. The lowest BCUT2D eigenvalue weighted by Gasteiger charge is -2.16. The predicted molar refractivity (Wildman–Crippen MR) is 78.6 cm³/mol. The molecule has 1 fully saturated rings. The smallest absolute Gasteiger partial charge is 0.330 e. The highest BCUT2D eigenvalue weighted by atomic mass is 79.9. The largest absolute Gasteiger partial charge is 0.394 e. The van der Waals surface area contributed by atoms with E-state index in [2.05, 4.69) is 30.9 Å². The standard InChI is InChI=1S/C11H14BrN5O5/c12-2-6(15-16-13)5-3-17(11(21)14-10(5)20)9-1-7(19)8(4-18)22-9/h3,6-9,18-19H,1-2,4H2,(H,14,20,21)/t6?,7?,8-,9-/m0/s1. The molecule has 1 saturated heterocycles. The summed E-state index contributed by atoms with van der Waals surface area (Å²) in [5.41, 5.74) is 7.26. The number of aromatic amines is 1. The average molecular weight is 376 g/mol. The number of nitrogens with zero attached hydrogens (tertiary/aromatic N) is 4. The third kappa shape index (κ3) is 3.23. The molecule has 1 aliphatic heterocycles. The van der Waals surface area contributed by atoms with Crippen LogP contribution in [0, 0.1) is 0 Å². The molecule has 3 N–H and O–H groups in total. The van der Waals surface area contributed by atoms with Gasteiger partial charge in [0.1, 0.15) is 12.3 Å². The Morgan fingerprint density at radius 2 is 2.36 bits per heavy atom. The van der Waals surface area contributed by atoms with Crippen LogP contribution in [0.15, 0.2) is 20.9 Å². The Hall–Kier alpha value is -1.65. The van der Waals surface area contributed by atoms with Crippen LogP contribution in [-0.2, 0) is 4.74 Å². The van der Waals surface area contributed by atoms with E-state index < -0.39 is 35.7 Å². The van der Waals surface area contributed by atoms with Gasteiger partial charge in [-0.2, -0.15) is 0 Å². The number of rotatable bonds is 5. The van der Waals surface area contributed by atoms with E-state index in [4.69, 9.17) is 15.4 Å². The molecule has 120 valence electrons. The van der Waals surface area contributed by atoms with Crippen LogP contribution < -0.4 is 11.2 Å². The highest BCUT2D eigenvalue weighted by molar-refractivity contribution is 9.09. The molecule has 1 aromatic rings. The Kier molecular flexibility index (Phi) is 5.37. The maximum absolute atomic E-state index is 11.9. The molecule has 11 heteroatoms. The zero-order valence-corrected chi connectivity index (χ0v) is 12.9. The number of aliphatic hydroxyl groups is 2. The minimum absolute atomic E-state index is 0.0944. The zero-order chi connectivity index (χ0) is 16.3. The van der Waals surface area contributed by atoms with Gasteiger partial charge in [0.25, 0.3) is 5.56 Å². The van der Waals surface area contributed by atoms with Gasteiger partial charge >= 0.3 is 5.69 Å². The second-order valence-corrected chi connectivity index (χ2v) is 5.39. The molecular formula is C11H14BrN5O5. The number of alkyl halides is 1. The molecule has 0 radical (unpaired) electrons. The molecule has 0 aromatic carbocycles. The van der Waals surface area contributed by atoms with Crippen LogP contribution in [0.2, 0.25) is 0 Å². The van der Waals surface area contributed by atoms with Crippen molar-refractivity contribution >= 4 is 15.9 Å². The van der Waals surface area contributed by atoms with Crippen molar-refractivity contribution in [2.75, 3.05) is 11.9 Å². The summed E-state index contributed by atoms with van der Waals surface area (Å²) in [5.74, 6) is 0. The number of H-pyrrole nitrogens is 1. The lowest BCUT2D eigenvalue weighted by atomic mass is 10.1. The van der Waals surface area contributed by atoms with Crippen molar-refractivity contribution in [1.29, 1.82) is 0 Å². The normalized spacial score (nSPS) is 25.7. The van der Waals surface area contributed by atoms with Gasteiger partial charge in [0, 0.05) is 28.4 Å². The first kappa shape index (κ1) is 16.7. The Morgan fingerprint density at radius 1 is 1.64 bits per heavy atom. The summed E-state index contributed by atoms with van der Waals surface area (Å²) in [5, 5.41) is 22.5. The van der Waals surface area contributed by atoms with Gasteiger partial charge in [0.05, 0.1) is 18.8 Å². The van der Waals surface area contributed by atoms with Crippen molar-refractivity contribution in [3.8, 4) is 0 Å². The van der Waals surface area contributed by atoms with Gasteiger partial charge in [-0.25, -0.2) is 4.79 Å². The summed E-state index contributed by atoms with van der Waals surface area (Å²) in [6.07, 6.45) is -1.19. The van der Waals surface area contributed by atoms with Crippen molar-refractivity contribution < 1.29 is 14.9 Å². The van der Waals surface area contributed by atoms with Gasteiger partial charge in [-0.05, 0) is 5.53 Å². The average Bonchev–Trinajstić information content (AvgIpc) is 2.86. The van der Waals surface area contributed by atoms with Crippen molar-refractivity contribution in [1.82, 2.24) is 9.55 Å². The monoisotopic (exact) mass is 375 g/mol. The van der Waals surface area contributed by atoms with Crippen molar-refractivity contribution in [2.45, 2.75) is 30.9 Å². The number of aliphatic hydroxyl groups excluding tert-OH is 2. The van der Waals surface area contributed by atoms with Gasteiger partial charge in [0.2, 0.25) is 0 Å². The molecule has 0 saturated carbocycles. The maximum Gasteiger partial charge on any atom is 0.330 e. The van der Waals surface area contributed by atoms with E-state index in [0.29, 0.717) is 0 Å². The van der Waals surface area contributed by atoms with E-state index in [1.54, 1.807) is 0 Å². The third-order valence-electron chi connectivity index (χ3n) is 3.39. The third-order valence-corrected chi connectivity index (χ3v) is 4.00. The van der Waals surface area contributed by atoms with Gasteiger partial charge in [-0.1, -0.05) is 21.0 Å². The van der Waals surface area contributed by atoms with Crippen LogP contribution >= 0.6 is 15.9 Å². The van der Waals surface area contributed by atoms with Gasteiger partial charge < -0.3 is 14.9 Å². The number of aromatic nitrogens is 2. The first-order chi connectivity index (χ1) is 10.5. The summed E-state index contributed by atoms with van der Waals surface area (Å²) in [6, 6.07) is -0.791. The highest BCUT2D eigenvalue weighted by Gasteiger charge is 2.35. The summed E-state index contributed by atoms with van der Waals surface area (Å²) in [6.45, 7) is -0.384. The highest BCUT2D eigenvalue weighted by Crippen LogP contribution is 2.28. The van der Waals surface area contributed by atoms with Gasteiger partial charge in [-0.3, -0.25) is 14.3 Å². The molecule has 0 bridgehead atoms. The summed E-state index contributed by atoms with van der Waals surface area (Å²) in [4.78, 5) is 28.6. The SMILES string of the molecule is [N-]=[N+]=NC(CBr)c1cn([C@@H]2CC(O)[C@H](CO)O2)c(=O)[nH]c1=O. The van der Waals surface area contributed by atoms with Crippen molar-refractivity contribution in [2.24, 2.45) is 5.11 Å². The van der Waals surface area contributed by atoms with Crippen LogP contribution in [0.25, 0.3) is 10.4 Å². The Labute approximate surface area is 132 Å². The quantitative estimate of drug-likeness (QED) is 0.284. The number of nitrogens with one attached hydrogen (secondary N) is 1. The van der Waals surface area contributed by atoms with Crippen molar-refractivity contribution in [3.05, 3.63) is 43.0 Å². The molecule has 1 aliphatic rings. The van der Waals surface area contributed by atoms with Crippen LogP contribution in [0.1, 0.15) is 24.3 Å². The molecule has 0 aliphatic carbocycles. The minimum Gasteiger partial charge on any atom is -0.394 e. The fourth-order valence-electron chi connectivity index (χ4n) is 2.24. The number of hydrogen-bond acceptors (Lipinski definition) is 6. The predicted octanol–water partition coefficient (Wildman–Crippen LogP) is -0.0764. The number of ether oxygens (including phenoxy) is 1. The lowest BCUT2D eigenvalue weighted by molar-refractivity contribution is -0.0460. The molecule has 2 unspecified atom stereocenters. The topological polar surface area (TPSA) is 153 Å². The number of azide groups is 1. The fourth-order valence-corrected chi connectivity index (χ4v) is 2.72. The van der Waals surface area contributed by atoms with Gasteiger partial charge in [0.15, 0.2) is 0 Å². The fraction of sp³-hybridized carbons (Fsp3) is 0.636. The van der Waals surface area contributed by atoms with E-state index in [1.807, 2.05) is 0 Å². The molecule has 2 heterocycles. The van der Waals surface area contributed by atoms with Gasteiger partial charge in [-0.15, -0.1) is 0 Å². The maximum atomic E-state index is 11.9. The molecule has 2 rings (SSSR count). The molecule has 10 nitrogen and oxygen atoms in total. The zero-order valence-electron chi connectivity index (χ0n) is 11.3. The lowest BCUT2D eigenvalue weighted by Crippen LogP contribution is -2.35. The van der Waals surface area contributed by atoms with Crippen LogP contribution in [0.3, 0.4) is 0 Å². The second kappa shape index (κ2) is 7.07. The number of hydrogen-bond donors (Lipinski definition) is 3. The van der Waals surface area contributed by atoms with E-state index in [0.717, 1.165) is 4.57 Å². The van der Waals surface area contributed by atoms with E-state index >= 15 is 0 Å².